The third-order valence-corrected chi connectivity index (χ3v) is 3.69. The standard InChI is InChI=1S/C16H23N3O2/c1-12-7-9-14(10-8-12)19-16(21)17-11-15(20)18-13-5-3-2-4-6-13/h7-10,13H,2-6,11H2,1H3,(H,18,20)(H2,17,19,21). The lowest BCUT2D eigenvalue weighted by Gasteiger charge is -2.22. The van der Waals surface area contributed by atoms with E-state index < -0.39 is 0 Å². The molecule has 0 aliphatic heterocycles. The van der Waals surface area contributed by atoms with Crippen molar-refractivity contribution in [3.8, 4) is 0 Å². The number of anilines is 1. The van der Waals surface area contributed by atoms with Gasteiger partial charge in [-0.25, -0.2) is 4.79 Å². The summed E-state index contributed by atoms with van der Waals surface area (Å²) in [5.41, 5.74) is 1.85. The van der Waals surface area contributed by atoms with Crippen molar-refractivity contribution in [1.82, 2.24) is 10.6 Å². The first-order chi connectivity index (χ1) is 10.1. The average Bonchev–Trinajstić information content (AvgIpc) is 2.49. The number of carbonyl (C=O) groups is 2. The second kappa shape index (κ2) is 7.67. The Morgan fingerprint density at radius 2 is 1.76 bits per heavy atom. The van der Waals surface area contributed by atoms with Crippen molar-refractivity contribution in [2.75, 3.05) is 11.9 Å². The highest BCUT2D eigenvalue weighted by molar-refractivity contribution is 5.92. The molecule has 0 unspecified atom stereocenters. The van der Waals surface area contributed by atoms with E-state index >= 15 is 0 Å². The van der Waals surface area contributed by atoms with Crippen LogP contribution in [0.2, 0.25) is 0 Å². The molecule has 1 fully saturated rings. The highest BCUT2D eigenvalue weighted by Crippen LogP contribution is 2.17. The van der Waals surface area contributed by atoms with Crippen molar-refractivity contribution in [3.05, 3.63) is 29.8 Å². The molecule has 3 amide bonds. The zero-order valence-corrected chi connectivity index (χ0v) is 12.4. The molecular formula is C16H23N3O2. The van der Waals surface area contributed by atoms with Crippen molar-refractivity contribution in [3.63, 3.8) is 0 Å². The average molecular weight is 289 g/mol. The quantitative estimate of drug-likeness (QED) is 0.797. The Hall–Kier alpha value is -2.04. The van der Waals surface area contributed by atoms with E-state index in [9.17, 15) is 9.59 Å². The first-order valence-corrected chi connectivity index (χ1v) is 7.54. The molecular weight excluding hydrogens is 266 g/mol. The van der Waals surface area contributed by atoms with Gasteiger partial charge in [0.05, 0.1) is 6.54 Å². The molecule has 1 saturated carbocycles. The summed E-state index contributed by atoms with van der Waals surface area (Å²) >= 11 is 0. The van der Waals surface area contributed by atoms with Gasteiger partial charge in [-0.15, -0.1) is 0 Å². The number of aryl methyl sites for hydroxylation is 1. The van der Waals surface area contributed by atoms with Crippen molar-refractivity contribution >= 4 is 17.6 Å². The Balaban J connectivity index is 1.68. The Morgan fingerprint density at radius 1 is 1.10 bits per heavy atom. The first-order valence-electron chi connectivity index (χ1n) is 7.54. The van der Waals surface area contributed by atoms with E-state index in [1.54, 1.807) is 0 Å². The van der Waals surface area contributed by atoms with Gasteiger partial charge in [-0.2, -0.15) is 0 Å². The van der Waals surface area contributed by atoms with Gasteiger partial charge in [0.2, 0.25) is 5.91 Å². The number of carbonyl (C=O) groups excluding carboxylic acids is 2. The lowest BCUT2D eigenvalue weighted by molar-refractivity contribution is -0.120. The Labute approximate surface area is 125 Å². The number of urea groups is 1. The number of hydrogen-bond donors (Lipinski definition) is 3. The van der Waals surface area contributed by atoms with Crippen molar-refractivity contribution in [2.24, 2.45) is 0 Å². The van der Waals surface area contributed by atoms with E-state index in [4.69, 9.17) is 0 Å². The van der Waals surface area contributed by atoms with Crippen LogP contribution in [0, 0.1) is 6.92 Å². The van der Waals surface area contributed by atoms with Gasteiger partial charge in [-0.3, -0.25) is 4.79 Å². The molecule has 3 N–H and O–H groups in total. The zero-order valence-electron chi connectivity index (χ0n) is 12.4. The summed E-state index contributed by atoms with van der Waals surface area (Å²) in [6, 6.07) is 7.41. The molecule has 0 radical (unpaired) electrons. The van der Waals surface area contributed by atoms with Crippen molar-refractivity contribution in [2.45, 2.75) is 45.1 Å². The topological polar surface area (TPSA) is 70.2 Å². The van der Waals surface area contributed by atoms with Gasteiger partial charge in [-0.05, 0) is 31.9 Å². The highest BCUT2D eigenvalue weighted by atomic mass is 16.2. The molecule has 1 aromatic carbocycles. The van der Waals surface area contributed by atoms with Crippen LogP contribution in [-0.4, -0.2) is 24.5 Å². The summed E-state index contributed by atoms with van der Waals surface area (Å²) in [4.78, 5) is 23.5. The number of nitrogens with one attached hydrogen (secondary N) is 3. The lowest BCUT2D eigenvalue weighted by atomic mass is 9.95. The fourth-order valence-corrected chi connectivity index (χ4v) is 2.50. The van der Waals surface area contributed by atoms with Crippen molar-refractivity contribution in [1.29, 1.82) is 0 Å². The summed E-state index contributed by atoms with van der Waals surface area (Å²) in [5.74, 6) is -0.124. The second-order valence-corrected chi connectivity index (χ2v) is 5.58. The minimum atomic E-state index is -0.363. The monoisotopic (exact) mass is 289 g/mol. The van der Waals surface area contributed by atoms with E-state index in [-0.39, 0.29) is 24.5 Å². The number of rotatable bonds is 4. The Kier molecular flexibility index (Phi) is 5.60. The first kappa shape index (κ1) is 15.4. The minimum Gasteiger partial charge on any atom is -0.352 e. The van der Waals surface area contributed by atoms with Gasteiger partial charge >= 0.3 is 6.03 Å². The van der Waals surface area contributed by atoms with Crippen LogP contribution in [-0.2, 0) is 4.79 Å². The van der Waals surface area contributed by atoms with Crippen LogP contribution < -0.4 is 16.0 Å². The van der Waals surface area contributed by atoms with Crippen LogP contribution in [0.5, 0.6) is 0 Å². The third kappa shape index (κ3) is 5.45. The molecule has 0 heterocycles. The van der Waals surface area contributed by atoms with E-state index in [1.807, 2.05) is 31.2 Å². The molecule has 0 atom stereocenters. The predicted octanol–water partition coefficient (Wildman–Crippen LogP) is 2.57. The number of amides is 3. The van der Waals surface area contributed by atoms with E-state index in [2.05, 4.69) is 16.0 Å². The molecule has 21 heavy (non-hydrogen) atoms. The van der Waals surface area contributed by atoms with Crippen LogP contribution >= 0.6 is 0 Å². The van der Waals surface area contributed by atoms with Gasteiger partial charge in [-0.1, -0.05) is 37.0 Å². The van der Waals surface area contributed by atoms with Crippen LogP contribution in [0.1, 0.15) is 37.7 Å². The van der Waals surface area contributed by atoms with E-state index in [0.29, 0.717) is 5.69 Å². The van der Waals surface area contributed by atoms with Crippen LogP contribution in [0.3, 0.4) is 0 Å². The molecule has 114 valence electrons. The molecule has 1 aromatic rings. The summed E-state index contributed by atoms with van der Waals surface area (Å²) < 4.78 is 0. The molecule has 0 saturated heterocycles. The smallest absolute Gasteiger partial charge is 0.319 e. The molecule has 1 aliphatic rings. The van der Waals surface area contributed by atoms with Gasteiger partial charge in [0.1, 0.15) is 0 Å². The molecule has 5 nitrogen and oxygen atoms in total. The fraction of sp³-hybridized carbons (Fsp3) is 0.500. The molecule has 2 rings (SSSR count). The van der Waals surface area contributed by atoms with Gasteiger partial charge in [0, 0.05) is 11.7 Å². The number of hydrogen-bond acceptors (Lipinski definition) is 2. The Bertz CT molecular complexity index is 479. The second-order valence-electron chi connectivity index (χ2n) is 5.58. The maximum absolute atomic E-state index is 11.8. The fourth-order valence-electron chi connectivity index (χ4n) is 2.50. The third-order valence-electron chi connectivity index (χ3n) is 3.69. The zero-order chi connectivity index (χ0) is 15.1. The largest absolute Gasteiger partial charge is 0.352 e. The predicted molar refractivity (Wildman–Crippen MR) is 83.2 cm³/mol. The van der Waals surface area contributed by atoms with Crippen molar-refractivity contribution < 1.29 is 9.59 Å². The highest BCUT2D eigenvalue weighted by Gasteiger charge is 2.15. The SMILES string of the molecule is Cc1ccc(NC(=O)NCC(=O)NC2CCCCC2)cc1. The summed E-state index contributed by atoms with van der Waals surface area (Å²) in [5, 5.41) is 8.24. The van der Waals surface area contributed by atoms with Crippen LogP contribution in [0.4, 0.5) is 10.5 Å². The van der Waals surface area contributed by atoms with Crippen LogP contribution in [0.25, 0.3) is 0 Å². The van der Waals surface area contributed by atoms with E-state index in [1.165, 1.54) is 19.3 Å². The van der Waals surface area contributed by atoms with Gasteiger partial charge in [0.15, 0.2) is 0 Å². The molecule has 0 spiro atoms. The molecule has 0 bridgehead atoms. The van der Waals surface area contributed by atoms with E-state index in [0.717, 1.165) is 18.4 Å². The molecule has 5 heteroatoms. The summed E-state index contributed by atoms with van der Waals surface area (Å²) in [6.07, 6.45) is 5.69. The lowest BCUT2D eigenvalue weighted by Crippen LogP contribution is -2.43. The maximum Gasteiger partial charge on any atom is 0.319 e. The normalized spacial score (nSPS) is 15.3. The summed E-state index contributed by atoms with van der Waals surface area (Å²) in [7, 11) is 0. The minimum absolute atomic E-state index is 0.00813. The number of benzene rings is 1. The molecule has 0 aromatic heterocycles. The van der Waals surface area contributed by atoms with Crippen LogP contribution in [0.15, 0.2) is 24.3 Å². The summed E-state index contributed by atoms with van der Waals surface area (Å²) in [6.45, 7) is 1.99. The maximum atomic E-state index is 11.8. The van der Waals surface area contributed by atoms with Gasteiger partial charge < -0.3 is 16.0 Å². The Morgan fingerprint density at radius 3 is 2.43 bits per heavy atom. The molecule has 1 aliphatic carbocycles. The van der Waals surface area contributed by atoms with Gasteiger partial charge in [0.25, 0.3) is 0 Å².